The lowest BCUT2D eigenvalue weighted by Gasteiger charge is -2.22. The van der Waals surface area contributed by atoms with Crippen molar-refractivity contribution in [3.8, 4) is 0 Å². The molecule has 19 heavy (non-hydrogen) atoms. The van der Waals surface area contributed by atoms with Gasteiger partial charge >= 0.3 is 0 Å². The van der Waals surface area contributed by atoms with Gasteiger partial charge in [0.2, 0.25) is 5.91 Å². The number of rotatable bonds is 7. The van der Waals surface area contributed by atoms with Crippen LogP contribution in [0.3, 0.4) is 0 Å². The van der Waals surface area contributed by atoms with Crippen LogP contribution in [0, 0.1) is 0 Å². The minimum atomic E-state index is -0.00137. The number of nitrogens with zero attached hydrogens (tertiary/aromatic N) is 3. The molecule has 0 rings (SSSR count). The summed E-state index contributed by atoms with van der Waals surface area (Å²) in [5.41, 5.74) is 1.06. The van der Waals surface area contributed by atoms with E-state index in [0.717, 1.165) is 37.5 Å². The lowest BCUT2D eigenvalue weighted by molar-refractivity contribution is -0.127. The molecule has 5 heteroatoms. The number of nitrogens with one attached hydrogen (secondary N) is 1. The Hall–Kier alpha value is -1.52. The van der Waals surface area contributed by atoms with Crippen LogP contribution in [0.25, 0.3) is 0 Å². The van der Waals surface area contributed by atoms with Crippen molar-refractivity contribution in [2.45, 2.75) is 26.7 Å². The van der Waals surface area contributed by atoms with Gasteiger partial charge in [-0.1, -0.05) is 25.5 Å². The maximum Gasteiger partial charge on any atom is 0.243 e. The van der Waals surface area contributed by atoms with Gasteiger partial charge in [0.1, 0.15) is 6.54 Å². The molecule has 0 saturated heterocycles. The van der Waals surface area contributed by atoms with Crippen molar-refractivity contribution >= 4 is 11.9 Å². The number of guanidine groups is 1. The quantitative estimate of drug-likeness (QED) is 0.328. The molecular formula is C14H28N4O. The molecule has 1 N–H and O–H groups in total. The minimum Gasteiger partial charge on any atom is -0.356 e. The lowest BCUT2D eigenvalue weighted by Crippen LogP contribution is -2.41. The van der Waals surface area contributed by atoms with Gasteiger partial charge in [-0.3, -0.25) is 4.79 Å². The van der Waals surface area contributed by atoms with Crippen molar-refractivity contribution in [1.29, 1.82) is 0 Å². The predicted octanol–water partition coefficient (Wildman–Crippen LogP) is 1.33. The molecule has 0 bridgehead atoms. The van der Waals surface area contributed by atoms with Crippen LogP contribution >= 0.6 is 0 Å². The summed E-state index contributed by atoms with van der Waals surface area (Å²) in [5, 5.41) is 3.28. The van der Waals surface area contributed by atoms with E-state index < -0.39 is 0 Å². The molecule has 0 fully saturated rings. The van der Waals surface area contributed by atoms with Crippen LogP contribution in [0.2, 0.25) is 0 Å². The van der Waals surface area contributed by atoms with E-state index in [-0.39, 0.29) is 12.5 Å². The summed E-state index contributed by atoms with van der Waals surface area (Å²) in [5.74, 6) is 0.755. The van der Waals surface area contributed by atoms with Crippen LogP contribution in [0.1, 0.15) is 26.7 Å². The van der Waals surface area contributed by atoms with E-state index in [1.165, 1.54) is 0 Å². The summed E-state index contributed by atoms with van der Waals surface area (Å²) in [7, 11) is 5.42. The number of likely N-dealkylation sites (N-methyl/N-ethyl adjacent to an activating group) is 2. The number of aliphatic imine (C=N–C) groups is 1. The molecule has 0 unspecified atom stereocenters. The predicted molar refractivity (Wildman–Crippen MR) is 81.4 cm³/mol. The smallest absolute Gasteiger partial charge is 0.243 e. The first-order valence-corrected chi connectivity index (χ1v) is 6.72. The fraction of sp³-hybridized carbons (Fsp3) is 0.714. The molecule has 0 atom stereocenters. The third-order valence-corrected chi connectivity index (χ3v) is 2.54. The van der Waals surface area contributed by atoms with Gasteiger partial charge < -0.3 is 15.1 Å². The maximum absolute atomic E-state index is 11.6. The number of carbonyl (C=O) groups is 1. The third-order valence-electron chi connectivity index (χ3n) is 2.54. The Morgan fingerprint density at radius 1 is 1.32 bits per heavy atom. The van der Waals surface area contributed by atoms with Gasteiger partial charge in [0.05, 0.1) is 0 Å². The van der Waals surface area contributed by atoms with Crippen molar-refractivity contribution in [3.63, 3.8) is 0 Å². The van der Waals surface area contributed by atoms with Crippen molar-refractivity contribution in [3.05, 3.63) is 12.2 Å². The van der Waals surface area contributed by atoms with Crippen LogP contribution < -0.4 is 5.32 Å². The zero-order valence-electron chi connectivity index (χ0n) is 13.0. The summed E-state index contributed by atoms with van der Waals surface area (Å²) in [6, 6.07) is 0. The number of hydrogen-bond donors (Lipinski definition) is 1. The monoisotopic (exact) mass is 268 g/mol. The van der Waals surface area contributed by atoms with Crippen molar-refractivity contribution in [2.75, 3.05) is 40.8 Å². The van der Waals surface area contributed by atoms with Gasteiger partial charge in [-0.15, -0.1) is 0 Å². The molecule has 110 valence electrons. The molecule has 0 radical (unpaired) electrons. The molecule has 0 spiro atoms. The van der Waals surface area contributed by atoms with E-state index in [0.29, 0.717) is 0 Å². The van der Waals surface area contributed by atoms with Gasteiger partial charge in [0.25, 0.3) is 0 Å². The Morgan fingerprint density at radius 3 is 2.42 bits per heavy atom. The standard InChI is InChI=1S/C14H28N4O/c1-7-8-9-15-14(18(6)11-12(2)3)16-10-13(19)17(4)5/h2,7-11H2,1,3-6H3,(H,15,16). The van der Waals surface area contributed by atoms with Crippen LogP contribution in [0.5, 0.6) is 0 Å². The summed E-state index contributed by atoms with van der Waals surface area (Å²) >= 11 is 0. The highest BCUT2D eigenvalue weighted by Gasteiger charge is 2.08. The lowest BCUT2D eigenvalue weighted by atomic mass is 10.3. The van der Waals surface area contributed by atoms with Crippen LogP contribution in [0.4, 0.5) is 0 Å². The molecule has 0 saturated carbocycles. The van der Waals surface area contributed by atoms with Gasteiger partial charge in [-0.25, -0.2) is 4.99 Å². The maximum atomic E-state index is 11.6. The SMILES string of the molecule is C=C(C)CN(C)C(=NCC(=O)N(C)C)NCCCC. The highest BCUT2D eigenvalue weighted by molar-refractivity contribution is 5.84. The summed E-state index contributed by atoms with van der Waals surface area (Å²) in [4.78, 5) is 19.5. The van der Waals surface area contributed by atoms with E-state index in [9.17, 15) is 4.79 Å². The fourth-order valence-electron chi connectivity index (χ4n) is 1.45. The molecule has 0 aromatic carbocycles. The average Bonchev–Trinajstić information content (AvgIpc) is 2.31. The number of amides is 1. The number of carbonyl (C=O) groups excluding carboxylic acids is 1. The van der Waals surface area contributed by atoms with Crippen molar-refractivity contribution in [1.82, 2.24) is 15.1 Å². The Labute approximate surface area is 117 Å². The van der Waals surface area contributed by atoms with E-state index in [2.05, 4.69) is 23.8 Å². The third kappa shape index (κ3) is 8.24. The first-order chi connectivity index (χ1) is 8.88. The fourth-order valence-corrected chi connectivity index (χ4v) is 1.45. The average molecular weight is 268 g/mol. The second-order valence-electron chi connectivity index (χ2n) is 5.02. The minimum absolute atomic E-state index is 0.00137. The van der Waals surface area contributed by atoms with Gasteiger partial charge in [-0.05, 0) is 13.3 Å². The molecule has 0 aromatic heterocycles. The number of unbranched alkanes of at least 4 members (excludes halogenated alkanes) is 1. The van der Waals surface area contributed by atoms with E-state index in [1.807, 2.05) is 18.9 Å². The van der Waals surface area contributed by atoms with E-state index in [1.54, 1.807) is 19.0 Å². The van der Waals surface area contributed by atoms with Crippen molar-refractivity contribution in [2.24, 2.45) is 4.99 Å². The Kier molecular flexibility index (Phi) is 8.66. The summed E-state index contributed by atoms with van der Waals surface area (Å²) in [6.07, 6.45) is 2.21. The Bertz CT molecular complexity index is 323. The molecule has 5 nitrogen and oxygen atoms in total. The molecule has 0 aliphatic heterocycles. The zero-order valence-corrected chi connectivity index (χ0v) is 13.0. The Balaban J connectivity index is 4.59. The normalized spacial score (nSPS) is 11.1. The van der Waals surface area contributed by atoms with Crippen LogP contribution in [-0.2, 0) is 4.79 Å². The van der Waals surface area contributed by atoms with E-state index >= 15 is 0 Å². The summed E-state index contributed by atoms with van der Waals surface area (Å²) < 4.78 is 0. The first-order valence-electron chi connectivity index (χ1n) is 6.72. The largest absolute Gasteiger partial charge is 0.356 e. The number of hydrogen-bond acceptors (Lipinski definition) is 2. The van der Waals surface area contributed by atoms with Crippen LogP contribution in [-0.4, -0.2) is 62.4 Å². The zero-order chi connectivity index (χ0) is 14.8. The highest BCUT2D eigenvalue weighted by atomic mass is 16.2. The van der Waals surface area contributed by atoms with Gasteiger partial charge in [0, 0.05) is 34.2 Å². The first kappa shape index (κ1) is 17.5. The molecule has 0 aliphatic rings. The molecule has 0 heterocycles. The van der Waals surface area contributed by atoms with E-state index in [4.69, 9.17) is 0 Å². The Morgan fingerprint density at radius 2 is 1.95 bits per heavy atom. The van der Waals surface area contributed by atoms with Crippen molar-refractivity contribution < 1.29 is 4.79 Å². The molecule has 1 amide bonds. The highest BCUT2D eigenvalue weighted by Crippen LogP contribution is 1.95. The molecular weight excluding hydrogens is 240 g/mol. The van der Waals surface area contributed by atoms with Gasteiger partial charge in [-0.2, -0.15) is 0 Å². The molecule has 0 aromatic rings. The second kappa shape index (κ2) is 9.42. The topological polar surface area (TPSA) is 47.9 Å². The van der Waals surface area contributed by atoms with Crippen LogP contribution in [0.15, 0.2) is 17.1 Å². The second-order valence-corrected chi connectivity index (χ2v) is 5.02. The van der Waals surface area contributed by atoms with Gasteiger partial charge in [0.15, 0.2) is 5.96 Å². The summed E-state index contributed by atoms with van der Waals surface area (Å²) in [6.45, 7) is 9.79. The molecule has 0 aliphatic carbocycles.